The maximum absolute atomic E-state index is 11.3. The van der Waals surface area contributed by atoms with Gasteiger partial charge in [0.1, 0.15) is 0 Å². The number of amides is 1. The number of hydrogen-bond donors (Lipinski definition) is 2. The number of thioether (sulfide) groups is 1. The molecule has 0 spiro atoms. The molecule has 3 nitrogen and oxygen atoms in total. The van der Waals surface area contributed by atoms with Gasteiger partial charge in [-0.1, -0.05) is 25.1 Å². The molecule has 4 heteroatoms. The fourth-order valence-electron chi connectivity index (χ4n) is 1.44. The fourth-order valence-corrected chi connectivity index (χ4v) is 2.27. The molecule has 0 aliphatic carbocycles. The zero-order chi connectivity index (χ0) is 13.1. The van der Waals surface area contributed by atoms with E-state index in [1.165, 1.54) is 4.90 Å². The fraction of sp³-hybridized carbons (Fsp3) is 0.500. The third-order valence-corrected chi connectivity index (χ3v) is 3.41. The van der Waals surface area contributed by atoms with Crippen LogP contribution in [0.25, 0.3) is 0 Å². The molecule has 0 saturated carbocycles. The van der Waals surface area contributed by atoms with E-state index in [9.17, 15) is 4.79 Å². The van der Waals surface area contributed by atoms with Crippen molar-refractivity contribution in [1.29, 1.82) is 0 Å². The molecule has 0 fully saturated rings. The number of nitrogens with one attached hydrogen (secondary N) is 2. The van der Waals surface area contributed by atoms with E-state index in [0.717, 1.165) is 31.8 Å². The third kappa shape index (κ3) is 7.35. The van der Waals surface area contributed by atoms with Crippen LogP contribution in [0.1, 0.15) is 19.8 Å². The van der Waals surface area contributed by atoms with Crippen LogP contribution >= 0.6 is 11.8 Å². The summed E-state index contributed by atoms with van der Waals surface area (Å²) in [6.07, 6.45) is 1.56. The van der Waals surface area contributed by atoms with Crippen molar-refractivity contribution in [3.05, 3.63) is 30.3 Å². The highest BCUT2D eigenvalue weighted by molar-refractivity contribution is 7.99. The topological polar surface area (TPSA) is 41.1 Å². The van der Waals surface area contributed by atoms with Crippen molar-refractivity contribution in [2.24, 2.45) is 0 Å². The largest absolute Gasteiger partial charge is 0.356 e. The van der Waals surface area contributed by atoms with Crippen molar-refractivity contribution in [3.8, 4) is 0 Å². The Kier molecular flexibility index (Phi) is 8.34. The van der Waals surface area contributed by atoms with Crippen LogP contribution in [0, 0.1) is 0 Å². The number of hydrogen-bond acceptors (Lipinski definition) is 3. The number of carbonyl (C=O) groups excluding carboxylic acids is 1. The van der Waals surface area contributed by atoms with Gasteiger partial charge in [0.2, 0.25) is 5.91 Å². The van der Waals surface area contributed by atoms with E-state index in [1.807, 2.05) is 30.0 Å². The summed E-state index contributed by atoms with van der Waals surface area (Å²) in [6, 6.07) is 10.4. The summed E-state index contributed by atoms with van der Waals surface area (Å²) in [5.41, 5.74) is 0. The summed E-state index contributed by atoms with van der Waals surface area (Å²) in [6.45, 7) is 4.52. The van der Waals surface area contributed by atoms with Crippen LogP contribution < -0.4 is 10.6 Å². The first-order valence-electron chi connectivity index (χ1n) is 6.48. The average Bonchev–Trinajstić information content (AvgIpc) is 2.41. The maximum atomic E-state index is 11.3. The molecule has 0 saturated heterocycles. The summed E-state index contributed by atoms with van der Waals surface area (Å²) < 4.78 is 0. The summed E-state index contributed by atoms with van der Waals surface area (Å²) in [4.78, 5) is 12.6. The van der Waals surface area contributed by atoms with Gasteiger partial charge in [0.15, 0.2) is 0 Å². The van der Waals surface area contributed by atoms with E-state index in [4.69, 9.17) is 0 Å². The van der Waals surface area contributed by atoms with Gasteiger partial charge in [-0.05, 0) is 18.6 Å². The molecule has 0 bridgehead atoms. The van der Waals surface area contributed by atoms with Crippen LogP contribution in [-0.2, 0) is 4.79 Å². The van der Waals surface area contributed by atoms with Gasteiger partial charge in [-0.2, -0.15) is 0 Å². The molecule has 18 heavy (non-hydrogen) atoms. The lowest BCUT2D eigenvalue weighted by Gasteiger charge is -2.05. The molecular formula is C14H22N2OS. The van der Waals surface area contributed by atoms with Crippen molar-refractivity contribution in [1.82, 2.24) is 10.6 Å². The molecule has 0 heterocycles. The molecular weight excluding hydrogens is 244 g/mol. The number of carbonyl (C=O) groups is 1. The average molecular weight is 266 g/mol. The zero-order valence-electron chi connectivity index (χ0n) is 10.9. The number of rotatable bonds is 9. The predicted molar refractivity (Wildman–Crippen MR) is 78.0 cm³/mol. The van der Waals surface area contributed by atoms with Crippen molar-refractivity contribution >= 4 is 17.7 Å². The maximum Gasteiger partial charge on any atom is 0.221 e. The van der Waals surface area contributed by atoms with Crippen LogP contribution in [0.3, 0.4) is 0 Å². The van der Waals surface area contributed by atoms with E-state index < -0.39 is 0 Å². The molecule has 0 unspecified atom stereocenters. The molecule has 1 aromatic carbocycles. The highest BCUT2D eigenvalue weighted by atomic mass is 32.2. The van der Waals surface area contributed by atoms with Gasteiger partial charge in [0, 0.05) is 36.7 Å². The van der Waals surface area contributed by atoms with Crippen LogP contribution in [0.15, 0.2) is 35.2 Å². The van der Waals surface area contributed by atoms with Crippen molar-refractivity contribution < 1.29 is 4.79 Å². The Balaban J connectivity index is 1.94. The highest BCUT2D eigenvalue weighted by Gasteiger charge is 1.98. The minimum absolute atomic E-state index is 0.139. The van der Waals surface area contributed by atoms with Crippen molar-refractivity contribution in [2.45, 2.75) is 24.7 Å². The second-order valence-corrected chi connectivity index (χ2v) is 5.18. The lowest BCUT2D eigenvalue weighted by atomic mass is 10.4. The molecule has 0 radical (unpaired) electrons. The summed E-state index contributed by atoms with van der Waals surface area (Å²) >= 11 is 1.83. The second kappa shape index (κ2) is 9.97. The van der Waals surface area contributed by atoms with Crippen LogP contribution in [-0.4, -0.2) is 31.3 Å². The standard InChI is InChI=1S/C14H22N2OS/c1-2-9-16-14(17)8-10-15-11-12-18-13-6-4-3-5-7-13/h3-7,15H,2,8-12H2,1H3,(H,16,17). The highest BCUT2D eigenvalue weighted by Crippen LogP contribution is 2.15. The quantitative estimate of drug-likeness (QED) is 0.532. The van der Waals surface area contributed by atoms with Crippen molar-refractivity contribution in [2.75, 3.05) is 25.4 Å². The molecule has 100 valence electrons. The molecule has 2 N–H and O–H groups in total. The molecule has 0 atom stereocenters. The van der Waals surface area contributed by atoms with E-state index >= 15 is 0 Å². The molecule has 0 aliphatic rings. The lowest BCUT2D eigenvalue weighted by molar-refractivity contribution is -0.120. The first kappa shape index (κ1) is 15.1. The molecule has 1 aromatic rings. The third-order valence-electron chi connectivity index (χ3n) is 2.39. The molecule has 0 aliphatic heterocycles. The Hall–Kier alpha value is -1.00. The molecule has 1 rings (SSSR count). The van der Waals surface area contributed by atoms with Gasteiger partial charge >= 0.3 is 0 Å². The van der Waals surface area contributed by atoms with Crippen molar-refractivity contribution in [3.63, 3.8) is 0 Å². The van der Waals surface area contributed by atoms with Crippen LogP contribution in [0.4, 0.5) is 0 Å². The Morgan fingerprint density at radius 3 is 2.67 bits per heavy atom. The summed E-state index contributed by atoms with van der Waals surface area (Å²) in [5.74, 6) is 1.17. The normalized spacial score (nSPS) is 10.3. The van der Waals surface area contributed by atoms with E-state index in [-0.39, 0.29) is 5.91 Å². The Bertz CT molecular complexity index is 330. The Labute approximate surface area is 114 Å². The Morgan fingerprint density at radius 2 is 1.94 bits per heavy atom. The minimum atomic E-state index is 0.139. The first-order valence-corrected chi connectivity index (χ1v) is 7.46. The van der Waals surface area contributed by atoms with Gasteiger partial charge in [0.25, 0.3) is 0 Å². The van der Waals surface area contributed by atoms with Gasteiger partial charge in [-0.15, -0.1) is 11.8 Å². The monoisotopic (exact) mass is 266 g/mol. The zero-order valence-corrected chi connectivity index (χ0v) is 11.8. The van der Waals surface area contributed by atoms with E-state index in [0.29, 0.717) is 6.42 Å². The van der Waals surface area contributed by atoms with Gasteiger partial charge in [-0.25, -0.2) is 0 Å². The number of benzene rings is 1. The van der Waals surface area contributed by atoms with Gasteiger partial charge in [0.05, 0.1) is 0 Å². The van der Waals surface area contributed by atoms with Crippen LogP contribution in [0.5, 0.6) is 0 Å². The summed E-state index contributed by atoms with van der Waals surface area (Å²) in [7, 11) is 0. The van der Waals surface area contributed by atoms with E-state index in [2.05, 4.69) is 29.7 Å². The van der Waals surface area contributed by atoms with Crippen LogP contribution in [0.2, 0.25) is 0 Å². The first-order chi connectivity index (χ1) is 8.83. The molecule has 1 amide bonds. The predicted octanol–water partition coefficient (Wildman–Crippen LogP) is 2.28. The Morgan fingerprint density at radius 1 is 1.17 bits per heavy atom. The molecule has 0 aromatic heterocycles. The smallest absolute Gasteiger partial charge is 0.221 e. The second-order valence-electron chi connectivity index (χ2n) is 4.01. The lowest BCUT2D eigenvalue weighted by Crippen LogP contribution is -2.28. The minimum Gasteiger partial charge on any atom is -0.356 e. The van der Waals surface area contributed by atoms with Gasteiger partial charge < -0.3 is 10.6 Å². The van der Waals surface area contributed by atoms with Gasteiger partial charge in [-0.3, -0.25) is 4.79 Å². The SMILES string of the molecule is CCCNC(=O)CCNCCSc1ccccc1. The van der Waals surface area contributed by atoms with E-state index in [1.54, 1.807) is 0 Å². The summed E-state index contributed by atoms with van der Waals surface area (Å²) in [5, 5.41) is 6.15.